The molecule has 6 heteroatoms. The van der Waals surface area contributed by atoms with E-state index in [9.17, 15) is 18.0 Å². The smallest absolute Gasteiger partial charge is 0.408 e. The predicted molar refractivity (Wildman–Crippen MR) is 80.9 cm³/mol. The number of alkyl halides is 3. The molecule has 0 amide bonds. The molecule has 1 unspecified atom stereocenters. The van der Waals surface area contributed by atoms with Crippen molar-refractivity contribution in [1.29, 1.82) is 0 Å². The van der Waals surface area contributed by atoms with Crippen molar-refractivity contribution >= 4 is 5.97 Å². The van der Waals surface area contributed by atoms with Crippen LogP contribution >= 0.6 is 0 Å². The first-order valence-electron chi connectivity index (χ1n) is 7.87. The number of likely N-dealkylation sites (tertiary alicyclic amines) is 1. The zero-order valence-corrected chi connectivity index (χ0v) is 13.4. The number of rotatable bonds is 4. The fourth-order valence-electron chi connectivity index (χ4n) is 3.10. The molecule has 1 aromatic rings. The number of carbonyl (C=O) groups is 1. The molecular weight excluding hydrogens is 307 g/mol. The number of aryl methyl sites for hydroxylation is 1. The van der Waals surface area contributed by atoms with Crippen LogP contribution in [0.5, 0.6) is 0 Å². The second-order valence-corrected chi connectivity index (χ2v) is 5.92. The molecule has 1 aliphatic heterocycles. The van der Waals surface area contributed by atoms with Crippen LogP contribution in [0.1, 0.15) is 36.9 Å². The standard InChI is InChI=1S/C17H22F3NO2/c1-3-23-16(22)13-7-9-21(10-8-13)15(17(18,19)20)14-6-4-5-12(2)11-14/h4-6,11,13,15H,3,7-10H2,1-2H3. The Morgan fingerprint density at radius 3 is 2.52 bits per heavy atom. The van der Waals surface area contributed by atoms with Crippen molar-refractivity contribution in [3.05, 3.63) is 35.4 Å². The molecule has 0 N–H and O–H groups in total. The van der Waals surface area contributed by atoms with E-state index in [1.165, 1.54) is 11.0 Å². The van der Waals surface area contributed by atoms with E-state index in [1.807, 2.05) is 0 Å². The Morgan fingerprint density at radius 2 is 2.00 bits per heavy atom. The van der Waals surface area contributed by atoms with Gasteiger partial charge in [-0.25, -0.2) is 0 Å². The Kier molecular flexibility index (Phi) is 5.68. The molecule has 23 heavy (non-hydrogen) atoms. The van der Waals surface area contributed by atoms with Gasteiger partial charge < -0.3 is 4.74 Å². The second-order valence-electron chi connectivity index (χ2n) is 5.92. The molecule has 0 bridgehead atoms. The van der Waals surface area contributed by atoms with Crippen LogP contribution in [-0.4, -0.2) is 36.7 Å². The summed E-state index contributed by atoms with van der Waals surface area (Å²) in [6, 6.07) is 4.90. The fraction of sp³-hybridized carbons (Fsp3) is 0.588. The highest BCUT2D eigenvalue weighted by molar-refractivity contribution is 5.72. The number of piperidine rings is 1. The van der Waals surface area contributed by atoms with Crippen LogP contribution in [0.4, 0.5) is 13.2 Å². The SMILES string of the molecule is CCOC(=O)C1CCN(C(c2cccc(C)c2)C(F)(F)F)CC1. The Bertz CT molecular complexity index is 537. The summed E-state index contributed by atoms with van der Waals surface area (Å²) in [5, 5.41) is 0. The molecule has 1 aliphatic rings. The van der Waals surface area contributed by atoms with Crippen molar-refractivity contribution in [2.45, 2.75) is 38.9 Å². The predicted octanol–water partition coefficient (Wildman–Crippen LogP) is 3.87. The van der Waals surface area contributed by atoms with E-state index in [4.69, 9.17) is 4.74 Å². The van der Waals surface area contributed by atoms with Crippen molar-refractivity contribution < 1.29 is 22.7 Å². The van der Waals surface area contributed by atoms with E-state index >= 15 is 0 Å². The first-order valence-corrected chi connectivity index (χ1v) is 7.87. The average Bonchev–Trinajstić information content (AvgIpc) is 2.47. The van der Waals surface area contributed by atoms with Crippen molar-refractivity contribution in [3.63, 3.8) is 0 Å². The van der Waals surface area contributed by atoms with E-state index in [0.717, 1.165) is 5.56 Å². The third-order valence-electron chi connectivity index (χ3n) is 4.18. The van der Waals surface area contributed by atoms with Gasteiger partial charge in [0.25, 0.3) is 0 Å². The minimum atomic E-state index is -4.34. The van der Waals surface area contributed by atoms with Crippen LogP contribution in [0.2, 0.25) is 0 Å². The lowest BCUT2D eigenvalue weighted by molar-refractivity contribution is -0.190. The third kappa shape index (κ3) is 4.47. The van der Waals surface area contributed by atoms with Crippen LogP contribution in [-0.2, 0) is 9.53 Å². The van der Waals surface area contributed by atoms with Crippen LogP contribution in [0.3, 0.4) is 0 Å². The van der Waals surface area contributed by atoms with Gasteiger partial charge in [0, 0.05) is 0 Å². The topological polar surface area (TPSA) is 29.5 Å². The summed E-state index contributed by atoms with van der Waals surface area (Å²) in [7, 11) is 0. The maximum atomic E-state index is 13.6. The zero-order valence-electron chi connectivity index (χ0n) is 13.4. The highest BCUT2D eigenvalue weighted by Crippen LogP contribution is 2.39. The molecule has 0 saturated carbocycles. The fourth-order valence-corrected chi connectivity index (χ4v) is 3.10. The number of benzene rings is 1. The number of halogens is 3. The molecule has 0 aliphatic carbocycles. The summed E-state index contributed by atoms with van der Waals surface area (Å²) in [5.41, 5.74) is 1.06. The van der Waals surface area contributed by atoms with Crippen LogP contribution < -0.4 is 0 Å². The summed E-state index contributed by atoms with van der Waals surface area (Å²) in [6.45, 7) is 4.28. The van der Waals surface area contributed by atoms with Gasteiger partial charge in [-0.1, -0.05) is 29.8 Å². The highest BCUT2D eigenvalue weighted by Gasteiger charge is 2.46. The minimum absolute atomic E-state index is 0.238. The normalized spacial score (nSPS) is 18.7. The number of nitrogens with zero attached hydrogens (tertiary/aromatic N) is 1. The molecule has 0 radical (unpaired) electrons. The maximum Gasteiger partial charge on any atom is 0.408 e. The van der Waals surface area contributed by atoms with Gasteiger partial charge in [0.15, 0.2) is 0 Å². The molecule has 0 aromatic heterocycles. The Balaban J connectivity index is 2.12. The molecule has 128 valence electrons. The van der Waals surface area contributed by atoms with Gasteiger partial charge >= 0.3 is 12.1 Å². The monoisotopic (exact) mass is 329 g/mol. The summed E-state index contributed by atoms with van der Waals surface area (Å²) >= 11 is 0. The minimum Gasteiger partial charge on any atom is -0.466 e. The van der Waals surface area contributed by atoms with Crippen molar-refractivity contribution in [2.75, 3.05) is 19.7 Å². The zero-order chi connectivity index (χ0) is 17.0. The molecule has 1 atom stereocenters. The molecule has 1 aromatic carbocycles. The summed E-state index contributed by atoms with van der Waals surface area (Å²) in [6.07, 6.45) is -3.54. The number of ether oxygens (including phenoxy) is 1. The number of hydrogen-bond acceptors (Lipinski definition) is 3. The molecule has 1 saturated heterocycles. The Hall–Kier alpha value is -1.56. The Morgan fingerprint density at radius 1 is 1.35 bits per heavy atom. The molecule has 0 spiro atoms. The van der Waals surface area contributed by atoms with Crippen molar-refractivity contribution in [2.24, 2.45) is 5.92 Å². The van der Waals surface area contributed by atoms with Gasteiger partial charge in [-0.05, 0) is 45.3 Å². The van der Waals surface area contributed by atoms with Gasteiger partial charge in [0.1, 0.15) is 6.04 Å². The second kappa shape index (κ2) is 7.34. The lowest BCUT2D eigenvalue weighted by Crippen LogP contribution is -2.44. The highest BCUT2D eigenvalue weighted by atomic mass is 19.4. The summed E-state index contributed by atoms with van der Waals surface area (Å²) in [4.78, 5) is 13.1. The molecule has 1 heterocycles. The van der Waals surface area contributed by atoms with E-state index < -0.39 is 12.2 Å². The van der Waals surface area contributed by atoms with E-state index in [0.29, 0.717) is 19.4 Å². The largest absolute Gasteiger partial charge is 0.466 e. The van der Waals surface area contributed by atoms with E-state index in [1.54, 1.807) is 32.0 Å². The number of hydrogen-bond donors (Lipinski definition) is 0. The lowest BCUT2D eigenvalue weighted by atomic mass is 9.93. The number of carbonyl (C=O) groups excluding carboxylic acids is 1. The van der Waals surface area contributed by atoms with Gasteiger partial charge in [-0.2, -0.15) is 13.2 Å². The van der Waals surface area contributed by atoms with Gasteiger partial charge in [-0.15, -0.1) is 0 Å². The molecule has 2 rings (SSSR count). The van der Waals surface area contributed by atoms with E-state index in [-0.39, 0.29) is 30.5 Å². The van der Waals surface area contributed by atoms with Gasteiger partial charge in [-0.3, -0.25) is 9.69 Å². The lowest BCUT2D eigenvalue weighted by Gasteiger charge is -2.38. The first kappa shape index (κ1) is 17.8. The molecular formula is C17H22F3NO2. The average molecular weight is 329 g/mol. The first-order chi connectivity index (χ1) is 10.8. The summed E-state index contributed by atoms with van der Waals surface area (Å²) in [5.74, 6) is -0.594. The quantitative estimate of drug-likeness (QED) is 0.785. The van der Waals surface area contributed by atoms with Gasteiger partial charge in [0.05, 0.1) is 12.5 Å². The maximum absolute atomic E-state index is 13.6. The van der Waals surface area contributed by atoms with Crippen LogP contribution in [0, 0.1) is 12.8 Å². The third-order valence-corrected chi connectivity index (χ3v) is 4.18. The van der Waals surface area contributed by atoms with Gasteiger partial charge in [0.2, 0.25) is 0 Å². The van der Waals surface area contributed by atoms with Crippen LogP contribution in [0.15, 0.2) is 24.3 Å². The number of esters is 1. The van der Waals surface area contributed by atoms with Crippen LogP contribution in [0.25, 0.3) is 0 Å². The molecule has 3 nitrogen and oxygen atoms in total. The van der Waals surface area contributed by atoms with Crippen molar-refractivity contribution in [3.8, 4) is 0 Å². The van der Waals surface area contributed by atoms with Crippen molar-refractivity contribution in [1.82, 2.24) is 4.90 Å². The summed E-state index contributed by atoms with van der Waals surface area (Å²) < 4.78 is 45.7. The Labute approximate surface area is 134 Å². The molecule has 1 fully saturated rings. The van der Waals surface area contributed by atoms with E-state index in [2.05, 4.69) is 0 Å².